The van der Waals surface area contributed by atoms with Crippen LogP contribution in [0.4, 0.5) is 5.95 Å². The molecule has 0 aromatic carbocycles. The molecular formula is C12H14IN5O3. The lowest BCUT2D eigenvalue weighted by molar-refractivity contribution is -0.142. The molecule has 0 saturated heterocycles. The Morgan fingerprint density at radius 1 is 1.38 bits per heavy atom. The summed E-state index contributed by atoms with van der Waals surface area (Å²) < 4.78 is 2.08. The molecule has 21 heavy (non-hydrogen) atoms. The van der Waals surface area contributed by atoms with Gasteiger partial charge in [-0.05, 0) is 48.3 Å². The quantitative estimate of drug-likeness (QED) is 0.642. The van der Waals surface area contributed by atoms with E-state index in [2.05, 4.69) is 15.1 Å². The first-order valence-electron chi connectivity index (χ1n) is 6.64. The van der Waals surface area contributed by atoms with Crippen LogP contribution in [0.1, 0.15) is 37.4 Å². The zero-order valence-electron chi connectivity index (χ0n) is 11.0. The van der Waals surface area contributed by atoms with Crippen LogP contribution in [0.2, 0.25) is 0 Å². The molecule has 0 aliphatic heterocycles. The van der Waals surface area contributed by atoms with Gasteiger partial charge in [0.1, 0.15) is 9.53 Å². The van der Waals surface area contributed by atoms with Crippen molar-refractivity contribution in [1.82, 2.24) is 19.6 Å². The number of aromatic amines is 1. The van der Waals surface area contributed by atoms with E-state index in [1.54, 1.807) is 0 Å². The van der Waals surface area contributed by atoms with E-state index < -0.39 is 5.97 Å². The number of carbonyl (C=O) groups is 1. The largest absolute Gasteiger partial charge is 0.481 e. The number of halogens is 1. The number of aliphatic carboxylic acids is 1. The molecule has 2 aromatic rings. The Labute approximate surface area is 132 Å². The lowest BCUT2D eigenvalue weighted by atomic mass is 9.82. The molecule has 2 heterocycles. The second-order valence-electron chi connectivity index (χ2n) is 5.25. The van der Waals surface area contributed by atoms with Crippen molar-refractivity contribution in [2.24, 2.45) is 5.92 Å². The number of imidazole rings is 1. The smallest absolute Gasteiger partial charge is 0.306 e. The van der Waals surface area contributed by atoms with Gasteiger partial charge in [0.05, 0.1) is 5.92 Å². The van der Waals surface area contributed by atoms with Gasteiger partial charge in [-0.1, -0.05) is 0 Å². The molecule has 0 radical (unpaired) electrons. The van der Waals surface area contributed by atoms with Gasteiger partial charge in [0, 0.05) is 5.92 Å². The number of nitrogens with one attached hydrogen (secondary N) is 1. The van der Waals surface area contributed by atoms with Gasteiger partial charge in [-0.3, -0.25) is 14.6 Å². The Hall–Kier alpha value is -1.65. The summed E-state index contributed by atoms with van der Waals surface area (Å²) in [6.45, 7) is 0. The van der Waals surface area contributed by atoms with Gasteiger partial charge < -0.3 is 10.8 Å². The molecule has 0 unspecified atom stereocenters. The third-order valence-corrected chi connectivity index (χ3v) is 4.70. The molecule has 4 N–H and O–H groups in total. The first kappa shape index (κ1) is 14.3. The standard InChI is InChI=1S/C12H14IN5O3/c13-8-7-10(19)16-12(14)17-18(7)9(15-8)5-1-3-6(4-2-5)11(20)21/h5-6H,1-4H2,(H,20,21)(H3,14,16,17,19). The van der Waals surface area contributed by atoms with Crippen molar-refractivity contribution in [3.63, 3.8) is 0 Å². The van der Waals surface area contributed by atoms with Gasteiger partial charge in [-0.2, -0.15) is 0 Å². The number of rotatable bonds is 2. The number of nitrogen functional groups attached to an aromatic ring is 1. The van der Waals surface area contributed by atoms with Crippen molar-refractivity contribution in [3.8, 4) is 0 Å². The minimum atomic E-state index is -0.741. The highest BCUT2D eigenvalue weighted by molar-refractivity contribution is 14.1. The SMILES string of the molecule is Nc1nn2c(C3CCC(C(=O)O)CC3)nc(I)c2c(=O)[nH]1. The summed E-state index contributed by atoms with van der Waals surface area (Å²) in [7, 11) is 0. The van der Waals surface area contributed by atoms with Crippen molar-refractivity contribution in [2.75, 3.05) is 5.73 Å². The van der Waals surface area contributed by atoms with E-state index in [0.717, 1.165) is 12.8 Å². The van der Waals surface area contributed by atoms with Crippen LogP contribution in [-0.2, 0) is 4.79 Å². The number of fused-ring (bicyclic) bond motifs is 1. The number of hydrogen-bond acceptors (Lipinski definition) is 5. The molecule has 0 amide bonds. The summed E-state index contributed by atoms with van der Waals surface area (Å²) in [5, 5.41) is 13.2. The number of H-pyrrole nitrogens is 1. The van der Waals surface area contributed by atoms with Gasteiger partial charge in [-0.15, -0.1) is 5.10 Å². The van der Waals surface area contributed by atoms with Crippen molar-refractivity contribution < 1.29 is 9.90 Å². The monoisotopic (exact) mass is 403 g/mol. The van der Waals surface area contributed by atoms with Gasteiger partial charge in [0.25, 0.3) is 5.56 Å². The molecule has 0 spiro atoms. The Morgan fingerprint density at radius 3 is 2.67 bits per heavy atom. The Morgan fingerprint density at radius 2 is 2.05 bits per heavy atom. The van der Waals surface area contributed by atoms with E-state index in [-0.39, 0.29) is 23.3 Å². The van der Waals surface area contributed by atoms with Crippen molar-refractivity contribution in [2.45, 2.75) is 31.6 Å². The molecule has 1 fully saturated rings. The minimum absolute atomic E-state index is 0.0433. The molecule has 1 saturated carbocycles. The number of carboxylic acid groups (broad SMARTS) is 1. The second-order valence-corrected chi connectivity index (χ2v) is 6.27. The molecule has 0 bridgehead atoms. The predicted molar refractivity (Wildman–Crippen MR) is 83.1 cm³/mol. The number of aromatic nitrogens is 4. The van der Waals surface area contributed by atoms with Crippen molar-refractivity contribution in [1.29, 1.82) is 0 Å². The molecule has 8 nitrogen and oxygen atoms in total. The average Bonchev–Trinajstić information content (AvgIpc) is 2.76. The number of nitrogens with two attached hydrogens (primary N) is 1. The highest BCUT2D eigenvalue weighted by Crippen LogP contribution is 2.35. The van der Waals surface area contributed by atoms with E-state index in [9.17, 15) is 9.59 Å². The highest BCUT2D eigenvalue weighted by atomic mass is 127. The number of hydrogen-bond donors (Lipinski definition) is 3. The summed E-state index contributed by atoms with van der Waals surface area (Å²) in [6.07, 6.45) is 2.68. The van der Waals surface area contributed by atoms with Crippen LogP contribution in [-0.4, -0.2) is 30.7 Å². The minimum Gasteiger partial charge on any atom is -0.481 e. The average molecular weight is 403 g/mol. The molecule has 9 heteroatoms. The topological polar surface area (TPSA) is 126 Å². The van der Waals surface area contributed by atoms with Gasteiger partial charge >= 0.3 is 5.97 Å². The van der Waals surface area contributed by atoms with E-state index >= 15 is 0 Å². The van der Waals surface area contributed by atoms with Crippen LogP contribution >= 0.6 is 22.6 Å². The first-order chi connectivity index (χ1) is 9.97. The fourth-order valence-corrected chi connectivity index (χ4v) is 3.59. The fourth-order valence-electron chi connectivity index (χ4n) is 2.86. The normalized spacial score (nSPS) is 22.5. The van der Waals surface area contributed by atoms with Crippen LogP contribution in [0.15, 0.2) is 4.79 Å². The molecule has 1 aliphatic carbocycles. The maximum absolute atomic E-state index is 11.9. The Bertz CT molecular complexity index is 760. The van der Waals surface area contributed by atoms with Crippen molar-refractivity contribution >= 4 is 40.0 Å². The highest BCUT2D eigenvalue weighted by Gasteiger charge is 2.30. The van der Waals surface area contributed by atoms with Crippen LogP contribution in [0, 0.1) is 9.62 Å². The third kappa shape index (κ3) is 2.49. The van der Waals surface area contributed by atoms with Crippen LogP contribution < -0.4 is 11.3 Å². The summed E-state index contributed by atoms with van der Waals surface area (Å²) in [5.41, 5.74) is 5.67. The maximum Gasteiger partial charge on any atom is 0.306 e. The molecular weight excluding hydrogens is 389 g/mol. The van der Waals surface area contributed by atoms with E-state index in [4.69, 9.17) is 10.8 Å². The number of nitrogens with zero attached hydrogens (tertiary/aromatic N) is 3. The Balaban J connectivity index is 1.99. The zero-order valence-corrected chi connectivity index (χ0v) is 13.2. The molecule has 112 valence electrons. The zero-order chi connectivity index (χ0) is 15.1. The maximum atomic E-state index is 11.9. The molecule has 1 aliphatic rings. The number of anilines is 1. The fraction of sp³-hybridized carbons (Fsp3) is 0.500. The summed E-state index contributed by atoms with van der Waals surface area (Å²) in [4.78, 5) is 29.9. The van der Waals surface area contributed by atoms with Gasteiger partial charge in [0.2, 0.25) is 5.95 Å². The van der Waals surface area contributed by atoms with Crippen LogP contribution in [0.25, 0.3) is 5.52 Å². The van der Waals surface area contributed by atoms with Gasteiger partial charge in [-0.25, -0.2) is 9.50 Å². The number of carboxylic acids is 1. The summed E-state index contributed by atoms with van der Waals surface area (Å²) in [6, 6.07) is 0. The third-order valence-electron chi connectivity index (χ3n) is 3.94. The van der Waals surface area contributed by atoms with Crippen molar-refractivity contribution in [3.05, 3.63) is 19.9 Å². The predicted octanol–water partition coefficient (Wildman–Crippen LogP) is 0.963. The lowest BCUT2D eigenvalue weighted by Gasteiger charge is -2.24. The molecule has 0 atom stereocenters. The van der Waals surface area contributed by atoms with E-state index in [0.29, 0.717) is 27.9 Å². The molecule has 2 aromatic heterocycles. The lowest BCUT2D eigenvalue weighted by Crippen LogP contribution is -2.22. The Kier molecular flexibility index (Phi) is 3.59. The van der Waals surface area contributed by atoms with E-state index in [1.165, 1.54) is 4.52 Å². The molecule has 3 rings (SSSR count). The van der Waals surface area contributed by atoms with Gasteiger partial charge in [0.15, 0.2) is 5.52 Å². The van der Waals surface area contributed by atoms with Crippen LogP contribution in [0.5, 0.6) is 0 Å². The summed E-state index contributed by atoms with van der Waals surface area (Å²) >= 11 is 2.00. The first-order valence-corrected chi connectivity index (χ1v) is 7.72. The second kappa shape index (κ2) is 5.28. The van der Waals surface area contributed by atoms with Crippen LogP contribution in [0.3, 0.4) is 0 Å². The summed E-state index contributed by atoms with van der Waals surface area (Å²) in [5.74, 6) is -0.189. The van der Waals surface area contributed by atoms with E-state index in [1.807, 2.05) is 22.6 Å².